The van der Waals surface area contributed by atoms with Gasteiger partial charge in [-0.05, 0) is 36.8 Å². The Hall–Kier alpha value is -1.84. The zero-order valence-corrected chi connectivity index (χ0v) is 11.4. The molecule has 0 spiro atoms. The van der Waals surface area contributed by atoms with Gasteiger partial charge in [-0.1, -0.05) is 24.6 Å². The summed E-state index contributed by atoms with van der Waals surface area (Å²) in [6, 6.07) is 7.71. The van der Waals surface area contributed by atoms with Gasteiger partial charge in [0.05, 0.1) is 5.92 Å². The largest absolute Gasteiger partial charge is 0.481 e. The highest BCUT2D eigenvalue weighted by Crippen LogP contribution is 2.33. The van der Waals surface area contributed by atoms with E-state index in [1.165, 1.54) is 0 Å². The maximum atomic E-state index is 12.5. The molecule has 1 aromatic carbocycles. The lowest BCUT2D eigenvalue weighted by atomic mass is 9.93. The number of carbonyl (C=O) groups is 2. The number of carboxylic acids is 1. The molecule has 106 valence electrons. The summed E-state index contributed by atoms with van der Waals surface area (Å²) in [5.41, 5.74) is 1.89. The zero-order valence-electron chi connectivity index (χ0n) is 11.4. The van der Waals surface area contributed by atoms with Crippen LogP contribution in [-0.2, 0) is 11.2 Å². The molecule has 0 saturated heterocycles. The molecule has 0 bridgehead atoms. The van der Waals surface area contributed by atoms with Crippen molar-refractivity contribution in [2.24, 2.45) is 11.8 Å². The average molecular weight is 273 g/mol. The molecule has 3 rings (SSSR count). The van der Waals surface area contributed by atoms with Crippen molar-refractivity contribution >= 4 is 11.9 Å². The van der Waals surface area contributed by atoms with Crippen LogP contribution in [0.2, 0.25) is 0 Å². The van der Waals surface area contributed by atoms with Gasteiger partial charge in [0.1, 0.15) is 0 Å². The molecule has 0 radical (unpaired) electrons. The smallest absolute Gasteiger partial charge is 0.306 e. The Morgan fingerprint density at radius 3 is 2.90 bits per heavy atom. The van der Waals surface area contributed by atoms with Crippen LogP contribution < -0.4 is 0 Å². The minimum absolute atomic E-state index is 0.0582. The van der Waals surface area contributed by atoms with Crippen LogP contribution in [0.4, 0.5) is 0 Å². The summed E-state index contributed by atoms with van der Waals surface area (Å²) in [5.74, 6) is -0.818. The summed E-state index contributed by atoms with van der Waals surface area (Å²) in [6.07, 6.45) is 3.49. The lowest BCUT2D eigenvalue weighted by Crippen LogP contribution is -2.42. The van der Waals surface area contributed by atoms with E-state index in [2.05, 4.69) is 0 Å². The van der Waals surface area contributed by atoms with Gasteiger partial charge in [-0.25, -0.2) is 0 Å². The number of fused-ring (bicyclic) bond motifs is 1. The van der Waals surface area contributed by atoms with Crippen molar-refractivity contribution in [3.05, 3.63) is 35.4 Å². The lowest BCUT2D eigenvalue weighted by Gasteiger charge is -2.31. The Labute approximate surface area is 118 Å². The normalized spacial score (nSPS) is 25.6. The van der Waals surface area contributed by atoms with E-state index >= 15 is 0 Å². The quantitative estimate of drug-likeness (QED) is 0.918. The fourth-order valence-corrected chi connectivity index (χ4v) is 3.51. The average Bonchev–Trinajstić information content (AvgIpc) is 2.91. The molecule has 2 atom stereocenters. The number of nitrogens with zero attached hydrogens (tertiary/aromatic N) is 1. The van der Waals surface area contributed by atoms with E-state index in [0.717, 1.165) is 36.8 Å². The molecule has 1 saturated carbocycles. The van der Waals surface area contributed by atoms with Crippen molar-refractivity contribution in [1.29, 1.82) is 0 Å². The van der Waals surface area contributed by atoms with Crippen molar-refractivity contribution in [2.45, 2.75) is 25.7 Å². The SMILES string of the molecule is O=C(O)C1CCCC1CN1CCc2ccccc2C1=O. The second-order valence-corrected chi connectivity index (χ2v) is 5.79. The number of hydrogen-bond donors (Lipinski definition) is 1. The van der Waals surface area contributed by atoms with Crippen LogP contribution >= 0.6 is 0 Å². The number of aliphatic carboxylic acids is 1. The van der Waals surface area contributed by atoms with Gasteiger partial charge in [0, 0.05) is 18.7 Å². The van der Waals surface area contributed by atoms with E-state index in [-0.39, 0.29) is 17.7 Å². The highest BCUT2D eigenvalue weighted by atomic mass is 16.4. The van der Waals surface area contributed by atoms with E-state index in [1.54, 1.807) is 0 Å². The molecule has 1 aliphatic heterocycles. The molecule has 1 aromatic rings. The summed E-state index contributed by atoms with van der Waals surface area (Å²) in [4.78, 5) is 25.5. The molecular weight excluding hydrogens is 254 g/mol. The maximum Gasteiger partial charge on any atom is 0.306 e. The van der Waals surface area contributed by atoms with Gasteiger partial charge in [0.25, 0.3) is 5.91 Å². The van der Waals surface area contributed by atoms with Crippen molar-refractivity contribution < 1.29 is 14.7 Å². The molecule has 0 aromatic heterocycles. The summed E-state index contributed by atoms with van der Waals surface area (Å²) < 4.78 is 0. The topological polar surface area (TPSA) is 57.6 Å². The second kappa shape index (κ2) is 5.27. The molecular formula is C16H19NO3. The van der Waals surface area contributed by atoms with E-state index in [4.69, 9.17) is 0 Å². The van der Waals surface area contributed by atoms with Gasteiger partial charge in [-0.2, -0.15) is 0 Å². The van der Waals surface area contributed by atoms with Gasteiger partial charge >= 0.3 is 5.97 Å². The number of hydrogen-bond acceptors (Lipinski definition) is 2. The first kappa shape index (κ1) is 13.2. The van der Waals surface area contributed by atoms with Crippen LogP contribution in [0.25, 0.3) is 0 Å². The Morgan fingerprint density at radius 1 is 1.30 bits per heavy atom. The molecule has 1 amide bonds. The van der Waals surface area contributed by atoms with Crippen molar-refractivity contribution in [1.82, 2.24) is 4.90 Å². The number of carboxylic acid groups (broad SMARTS) is 1. The van der Waals surface area contributed by atoms with Crippen LogP contribution in [-0.4, -0.2) is 35.0 Å². The van der Waals surface area contributed by atoms with Gasteiger partial charge in [0.2, 0.25) is 0 Å². The molecule has 1 fully saturated rings. The minimum atomic E-state index is -0.711. The Bertz CT molecular complexity index is 540. The lowest BCUT2D eigenvalue weighted by molar-refractivity contribution is -0.143. The highest BCUT2D eigenvalue weighted by Gasteiger charge is 2.36. The minimum Gasteiger partial charge on any atom is -0.481 e. The third-order valence-electron chi connectivity index (χ3n) is 4.62. The fraction of sp³-hybridized carbons (Fsp3) is 0.500. The summed E-state index contributed by atoms with van der Waals surface area (Å²) >= 11 is 0. The van der Waals surface area contributed by atoms with Crippen LogP contribution in [0.1, 0.15) is 35.2 Å². The van der Waals surface area contributed by atoms with Gasteiger partial charge in [0.15, 0.2) is 0 Å². The van der Waals surface area contributed by atoms with Crippen molar-refractivity contribution in [3.8, 4) is 0 Å². The van der Waals surface area contributed by atoms with Crippen LogP contribution in [0.3, 0.4) is 0 Å². The molecule has 2 aliphatic rings. The van der Waals surface area contributed by atoms with E-state index < -0.39 is 5.97 Å². The molecule has 4 nitrogen and oxygen atoms in total. The summed E-state index contributed by atoms with van der Waals surface area (Å²) in [7, 11) is 0. The van der Waals surface area contributed by atoms with Gasteiger partial charge in [-0.15, -0.1) is 0 Å². The number of rotatable bonds is 3. The molecule has 1 heterocycles. The highest BCUT2D eigenvalue weighted by molar-refractivity contribution is 5.96. The number of carbonyl (C=O) groups excluding carboxylic acids is 1. The Balaban J connectivity index is 1.73. The van der Waals surface area contributed by atoms with Crippen LogP contribution in [0, 0.1) is 11.8 Å². The standard InChI is InChI=1S/C16H19NO3/c18-15-13-6-2-1-4-11(13)8-9-17(15)10-12-5-3-7-14(12)16(19)20/h1-2,4,6,12,14H,3,5,7-10H2,(H,19,20). The van der Waals surface area contributed by atoms with Gasteiger partial charge in [-0.3, -0.25) is 9.59 Å². The predicted molar refractivity (Wildman–Crippen MR) is 74.5 cm³/mol. The molecule has 20 heavy (non-hydrogen) atoms. The first-order valence-corrected chi connectivity index (χ1v) is 7.27. The predicted octanol–water partition coefficient (Wildman–Crippen LogP) is 2.19. The summed E-state index contributed by atoms with van der Waals surface area (Å²) in [6.45, 7) is 1.29. The van der Waals surface area contributed by atoms with Crippen molar-refractivity contribution in [3.63, 3.8) is 0 Å². The monoisotopic (exact) mass is 273 g/mol. The van der Waals surface area contributed by atoms with Crippen LogP contribution in [0.15, 0.2) is 24.3 Å². The molecule has 4 heteroatoms. The first-order chi connectivity index (χ1) is 9.66. The third kappa shape index (κ3) is 2.30. The summed E-state index contributed by atoms with van der Waals surface area (Å²) in [5, 5.41) is 9.23. The first-order valence-electron chi connectivity index (χ1n) is 7.27. The van der Waals surface area contributed by atoms with E-state index in [0.29, 0.717) is 13.1 Å². The fourth-order valence-electron chi connectivity index (χ4n) is 3.51. The zero-order chi connectivity index (χ0) is 14.1. The van der Waals surface area contributed by atoms with E-state index in [1.807, 2.05) is 29.2 Å². The number of benzene rings is 1. The third-order valence-corrected chi connectivity index (χ3v) is 4.62. The second-order valence-electron chi connectivity index (χ2n) is 5.79. The molecule has 1 aliphatic carbocycles. The molecule has 1 N–H and O–H groups in total. The Morgan fingerprint density at radius 2 is 2.10 bits per heavy atom. The maximum absolute atomic E-state index is 12.5. The van der Waals surface area contributed by atoms with Crippen LogP contribution in [0.5, 0.6) is 0 Å². The van der Waals surface area contributed by atoms with Gasteiger partial charge < -0.3 is 10.0 Å². The Kier molecular flexibility index (Phi) is 3.47. The molecule has 2 unspecified atom stereocenters. The van der Waals surface area contributed by atoms with E-state index in [9.17, 15) is 14.7 Å². The number of amides is 1. The van der Waals surface area contributed by atoms with Crippen molar-refractivity contribution in [2.75, 3.05) is 13.1 Å².